The van der Waals surface area contributed by atoms with E-state index in [0.717, 1.165) is 58.8 Å². The lowest BCUT2D eigenvalue weighted by Crippen LogP contribution is -2.48. The Bertz CT molecular complexity index is 211. The highest BCUT2D eigenvalue weighted by Gasteiger charge is 2.23. The van der Waals surface area contributed by atoms with Gasteiger partial charge in [-0.05, 0) is 38.8 Å². The molecule has 2 aliphatic heterocycles. The molecule has 2 rings (SSSR count). The summed E-state index contributed by atoms with van der Waals surface area (Å²) in [7, 11) is 0. The first-order chi connectivity index (χ1) is 8.29. The summed E-state index contributed by atoms with van der Waals surface area (Å²) in [5.41, 5.74) is 0. The van der Waals surface area contributed by atoms with Crippen LogP contribution in [0, 0.1) is 5.92 Å². The molecule has 0 saturated carbocycles. The van der Waals surface area contributed by atoms with Gasteiger partial charge in [-0.1, -0.05) is 0 Å². The van der Waals surface area contributed by atoms with Gasteiger partial charge in [0, 0.05) is 32.3 Å². The summed E-state index contributed by atoms with van der Waals surface area (Å²) < 4.78 is 5.37. The predicted octanol–water partition coefficient (Wildman–Crippen LogP) is 0.411. The molecule has 100 valence electrons. The first-order valence-corrected chi connectivity index (χ1v) is 6.94. The molecule has 4 heteroatoms. The summed E-state index contributed by atoms with van der Waals surface area (Å²) in [6, 6.07) is 0.632. The van der Waals surface area contributed by atoms with Crippen LogP contribution in [-0.2, 0) is 4.74 Å². The van der Waals surface area contributed by atoms with Crippen molar-refractivity contribution in [1.82, 2.24) is 9.80 Å². The Hall–Kier alpha value is -0.160. The molecule has 1 N–H and O–H groups in total. The lowest BCUT2D eigenvalue weighted by Gasteiger charge is -2.38. The van der Waals surface area contributed by atoms with Gasteiger partial charge < -0.3 is 9.84 Å². The van der Waals surface area contributed by atoms with Crippen molar-refractivity contribution in [3.8, 4) is 0 Å². The minimum atomic E-state index is 0.367. The number of morpholine rings is 1. The van der Waals surface area contributed by atoms with Gasteiger partial charge in [0.1, 0.15) is 0 Å². The molecule has 1 unspecified atom stereocenters. The minimum absolute atomic E-state index is 0.367. The molecule has 0 aromatic carbocycles. The number of aliphatic hydroxyl groups excluding tert-OH is 1. The second kappa shape index (κ2) is 6.69. The van der Waals surface area contributed by atoms with E-state index in [2.05, 4.69) is 16.7 Å². The Morgan fingerprint density at radius 3 is 2.41 bits per heavy atom. The second-order valence-electron chi connectivity index (χ2n) is 5.42. The largest absolute Gasteiger partial charge is 0.396 e. The minimum Gasteiger partial charge on any atom is -0.396 e. The normalized spacial score (nSPS) is 27.2. The summed E-state index contributed by atoms with van der Waals surface area (Å²) >= 11 is 0. The van der Waals surface area contributed by atoms with Crippen molar-refractivity contribution in [2.45, 2.75) is 25.8 Å². The summed E-state index contributed by atoms with van der Waals surface area (Å²) in [4.78, 5) is 5.08. The Morgan fingerprint density at radius 1 is 1.18 bits per heavy atom. The maximum atomic E-state index is 9.14. The van der Waals surface area contributed by atoms with Crippen LogP contribution in [0.25, 0.3) is 0 Å². The highest BCUT2D eigenvalue weighted by Crippen LogP contribution is 2.18. The van der Waals surface area contributed by atoms with Crippen LogP contribution < -0.4 is 0 Å². The Morgan fingerprint density at radius 2 is 1.82 bits per heavy atom. The number of ether oxygens (including phenoxy) is 1. The maximum Gasteiger partial charge on any atom is 0.0594 e. The fourth-order valence-electron chi connectivity index (χ4n) is 2.85. The van der Waals surface area contributed by atoms with Crippen molar-refractivity contribution in [1.29, 1.82) is 0 Å². The fourth-order valence-corrected chi connectivity index (χ4v) is 2.85. The van der Waals surface area contributed by atoms with Crippen molar-refractivity contribution < 1.29 is 9.84 Å². The number of nitrogens with zero attached hydrogens (tertiary/aromatic N) is 2. The molecule has 17 heavy (non-hydrogen) atoms. The molecule has 0 amide bonds. The van der Waals surface area contributed by atoms with Gasteiger partial charge >= 0.3 is 0 Å². The third kappa shape index (κ3) is 3.91. The molecule has 0 spiro atoms. The standard InChI is InChI=1S/C13H26N2O2/c1-12(10-14-6-8-17-9-7-14)15-4-2-13(11-16)3-5-15/h12-13,16H,2-11H2,1H3. The number of aliphatic hydroxyl groups is 1. The van der Waals surface area contributed by atoms with Crippen LogP contribution in [-0.4, -0.2) is 73.5 Å². The van der Waals surface area contributed by atoms with Crippen molar-refractivity contribution in [3.05, 3.63) is 0 Å². The molecule has 4 nitrogen and oxygen atoms in total. The molecular weight excluding hydrogens is 216 g/mol. The topological polar surface area (TPSA) is 35.9 Å². The van der Waals surface area contributed by atoms with Crippen LogP contribution in [0.15, 0.2) is 0 Å². The lowest BCUT2D eigenvalue weighted by molar-refractivity contribution is 0.0187. The predicted molar refractivity (Wildman–Crippen MR) is 68.1 cm³/mol. The molecule has 0 aliphatic carbocycles. The van der Waals surface area contributed by atoms with E-state index in [1.165, 1.54) is 0 Å². The van der Waals surface area contributed by atoms with Crippen molar-refractivity contribution in [2.24, 2.45) is 5.92 Å². The molecular formula is C13H26N2O2. The van der Waals surface area contributed by atoms with Crippen molar-refractivity contribution >= 4 is 0 Å². The molecule has 2 saturated heterocycles. The quantitative estimate of drug-likeness (QED) is 0.775. The van der Waals surface area contributed by atoms with Crippen LogP contribution in [0.1, 0.15) is 19.8 Å². The smallest absolute Gasteiger partial charge is 0.0594 e. The van der Waals surface area contributed by atoms with Gasteiger partial charge in [-0.25, -0.2) is 0 Å². The van der Waals surface area contributed by atoms with E-state index in [-0.39, 0.29) is 0 Å². The highest BCUT2D eigenvalue weighted by molar-refractivity contribution is 4.78. The summed E-state index contributed by atoms with van der Waals surface area (Å²) in [5.74, 6) is 0.543. The van der Waals surface area contributed by atoms with Crippen LogP contribution in [0.4, 0.5) is 0 Å². The zero-order valence-electron chi connectivity index (χ0n) is 11.0. The first-order valence-electron chi connectivity index (χ1n) is 6.94. The molecule has 2 heterocycles. The average molecular weight is 242 g/mol. The van der Waals surface area contributed by atoms with E-state index < -0.39 is 0 Å². The third-order valence-corrected chi connectivity index (χ3v) is 4.16. The van der Waals surface area contributed by atoms with E-state index in [1.807, 2.05) is 0 Å². The highest BCUT2D eigenvalue weighted by atomic mass is 16.5. The van der Waals surface area contributed by atoms with Crippen LogP contribution in [0.2, 0.25) is 0 Å². The Labute approximate surface area is 105 Å². The van der Waals surface area contributed by atoms with Gasteiger partial charge in [-0.15, -0.1) is 0 Å². The molecule has 1 atom stereocenters. The van der Waals surface area contributed by atoms with Gasteiger partial charge in [-0.2, -0.15) is 0 Å². The fraction of sp³-hybridized carbons (Fsp3) is 1.00. The zero-order valence-corrected chi connectivity index (χ0v) is 11.0. The molecule has 0 aromatic heterocycles. The van der Waals surface area contributed by atoms with Crippen molar-refractivity contribution in [3.63, 3.8) is 0 Å². The Balaban J connectivity index is 1.70. The van der Waals surface area contributed by atoms with E-state index in [9.17, 15) is 0 Å². The maximum absolute atomic E-state index is 9.14. The zero-order chi connectivity index (χ0) is 12.1. The Kier molecular flexibility index (Phi) is 5.22. The second-order valence-corrected chi connectivity index (χ2v) is 5.42. The van der Waals surface area contributed by atoms with Gasteiger partial charge in [0.2, 0.25) is 0 Å². The van der Waals surface area contributed by atoms with E-state index in [1.54, 1.807) is 0 Å². The summed E-state index contributed by atoms with van der Waals surface area (Å²) in [6.07, 6.45) is 2.31. The number of rotatable bonds is 4. The van der Waals surface area contributed by atoms with Crippen LogP contribution in [0.5, 0.6) is 0 Å². The number of likely N-dealkylation sites (tertiary alicyclic amines) is 1. The average Bonchev–Trinajstić information content (AvgIpc) is 2.40. The van der Waals surface area contributed by atoms with Gasteiger partial charge in [-0.3, -0.25) is 9.80 Å². The molecule has 2 aliphatic rings. The van der Waals surface area contributed by atoms with Gasteiger partial charge in [0.25, 0.3) is 0 Å². The van der Waals surface area contributed by atoms with E-state index in [0.29, 0.717) is 18.6 Å². The first kappa shape index (κ1) is 13.3. The SMILES string of the molecule is CC(CN1CCOCC1)N1CCC(CO)CC1. The summed E-state index contributed by atoms with van der Waals surface area (Å²) in [5, 5.41) is 9.14. The van der Waals surface area contributed by atoms with Gasteiger partial charge in [0.05, 0.1) is 13.2 Å². The van der Waals surface area contributed by atoms with E-state index >= 15 is 0 Å². The lowest BCUT2D eigenvalue weighted by atomic mass is 9.97. The monoisotopic (exact) mass is 242 g/mol. The van der Waals surface area contributed by atoms with Crippen LogP contribution >= 0.6 is 0 Å². The number of hydrogen-bond donors (Lipinski definition) is 1. The third-order valence-electron chi connectivity index (χ3n) is 4.16. The van der Waals surface area contributed by atoms with Gasteiger partial charge in [0.15, 0.2) is 0 Å². The number of piperidine rings is 1. The summed E-state index contributed by atoms with van der Waals surface area (Å²) in [6.45, 7) is 10.1. The number of hydrogen-bond acceptors (Lipinski definition) is 4. The molecule has 0 aromatic rings. The van der Waals surface area contributed by atoms with E-state index in [4.69, 9.17) is 9.84 Å². The van der Waals surface area contributed by atoms with Crippen LogP contribution in [0.3, 0.4) is 0 Å². The molecule has 2 fully saturated rings. The molecule has 0 bridgehead atoms. The molecule has 0 radical (unpaired) electrons. The van der Waals surface area contributed by atoms with Crippen molar-refractivity contribution in [2.75, 3.05) is 52.5 Å².